The predicted molar refractivity (Wildman–Crippen MR) is 95.6 cm³/mol. The second-order valence-electron chi connectivity index (χ2n) is 5.00. The second kappa shape index (κ2) is 7.78. The number of non-ortho nitro benzene ring substituents is 1. The quantitative estimate of drug-likeness (QED) is 0.575. The molecule has 0 saturated heterocycles. The van der Waals surface area contributed by atoms with Crippen molar-refractivity contribution in [2.45, 2.75) is 6.92 Å². The Balaban J connectivity index is 2.03. The Kier molecular flexibility index (Phi) is 5.75. The molecule has 0 bridgehead atoms. The Labute approximate surface area is 147 Å². The lowest BCUT2D eigenvalue weighted by Gasteiger charge is -2.12. The highest BCUT2D eigenvalue weighted by Gasteiger charge is 2.13. The van der Waals surface area contributed by atoms with Crippen LogP contribution in [0, 0.1) is 17.0 Å². The van der Waals surface area contributed by atoms with Crippen molar-refractivity contribution in [1.29, 1.82) is 0 Å². The average Bonchev–Trinajstić information content (AvgIpc) is 2.54. The number of anilines is 2. The van der Waals surface area contributed by atoms with Crippen LogP contribution in [0.3, 0.4) is 0 Å². The van der Waals surface area contributed by atoms with E-state index in [4.69, 9.17) is 4.74 Å². The van der Waals surface area contributed by atoms with Crippen molar-refractivity contribution in [1.82, 2.24) is 0 Å². The highest BCUT2D eigenvalue weighted by Crippen LogP contribution is 2.29. The molecule has 0 aliphatic heterocycles. The van der Waals surface area contributed by atoms with Gasteiger partial charge in [0.05, 0.1) is 30.3 Å². The maximum absolute atomic E-state index is 12.1. The van der Waals surface area contributed by atoms with Crippen LogP contribution in [0.2, 0.25) is 0 Å². The fraction of sp³-hybridized carbons (Fsp3) is 0.188. The van der Waals surface area contributed by atoms with Crippen LogP contribution in [0.4, 0.5) is 17.1 Å². The molecule has 0 aliphatic carbocycles. The van der Waals surface area contributed by atoms with Gasteiger partial charge in [-0.25, -0.2) is 0 Å². The number of ether oxygens (including phenoxy) is 1. The van der Waals surface area contributed by atoms with Crippen molar-refractivity contribution in [3.05, 3.63) is 56.5 Å². The smallest absolute Gasteiger partial charge is 0.273 e. The van der Waals surface area contributed by atoms with Crippen LogP contribution in [0.15, 0.2) is 40.9 Å². The van der Waals surface area contributed by atoms with Gasteiger partial charge in [-0.3, -0.25) is 14.9 Å². The first-order chi connectivity index (χ1) is 11.4. The van der Waals surface area contributed by atoms with E-state index < -0.39 is 4.92 Å². The summed E-state index contributed by atoms with van der Waals surface area (Å²) in [5.74, 6) is -0.0538. The van der Waals surface area contributed by atoms with Crippen molar-refractivity contribution in [3.8, 4) is 5.75 Å². The number of nitro benzene ring substituents is 1. The van der Waals surface area contributed by atoms with Gasteiger partial charge in [0, 0.05) is 16.2 Å². The van der Waals surface area contributed by atoms with Crippen molar-refractivity contribution in [2.75, 3.05) is 24.3 Å². The molecule has 24 heavy (non-hydrogen) atoms. The van der Waals surface area contributed by atoms with Crippen LogP contribution >= 0.6 is 15.9 Å². The topological polar surface area (TPSA) is 93.5 Å². The molecule has 0 saturated carbocycles. The highest BCUT2D eigenvalue weighted by atomic mass is 79.9. The van der Waals surface area contributed by atoms with Gasteiger partial charge in [-0.05, 0) is 36.8 Å². The van der Waals surface area contributed by atoms with Crippen molar-refractivity contribution in [2.24, 2.45) is 0 Å². The van der Waals surface area contributed by atoms with Gasteiger partial charge in [0.25, 0.3) is 5.69 Å². The van der Waals surface area contributed by atoms with E-state index in [1.807, 2.05) is 25.1 Å². The lowest BCUT2D eigenvalue weighted by atomic mass is 10.2. The number of nitrogens with zero attached hydrogens (tertiary/aromatic N) is 1. The van der Waals surface area contributed by atoms with Crippen LogP contribution < -0.4 is 15.4 Å². The van der Waals surface area contributed by atoms with Crippen LogP contribution in [0.5, 0.6) is 5.75 Å². The van der Waals surface area contributed by atoms with Crippen LogP contribution in [-0.4, -0.2) is 24.5 Å². The number of nitrogens with one attached hydrogen (secondary N) is 2. The minimum Gasteiger partial charge on any atom is -0.494 e. The highest BCUT2D eigenvalue weighted by molar-refractivity contribution is 9.10. The van der Waals surface area contributed by atoms with E-state index in [0.717, 1.165) is 15.7 Å². The number of hydrogen-bond donors (Lipinski definition) is 2. The number of carbonyl (C=O) groups is 1. The minimum absolute atomic E-state index is 0.0581. The summed E-state index contributed by atoms with van der Waals surface area (Å²) in [7, 11) is 1.39. The Morgan fingerprint density at radius 3 is 2.58 bits per heavy atom. The summed E-state index contributed by atoms with van der Waals surface area (Å²) in [5.41, 5.74) is 2.13. The molecule has 2 aromatic rings. The molecule has 0 heterocycles. The number of rotatable bonds is 6. The predicted octanol–water partition coefficient (Wildman–Crippen LogP) is 3.72. The zero-order valence-corrected chi connectivity index (χ0v) is 14.7. The Morgan fingerprint density at radius 1 is 1.25 bits per heavy atom. The average molecular weight is 394 g/mol. The fourth-order valence-electron chi connectivity index (χ4n) is 2.09. The normalized spacial score (nSPS) is 10.1. The summed E-state index contributed by atoms with van der Waals surface area (Å²) in [6.45, 7) is 1.99. The fourth-order valence-corrected chi connectivity index (χ4v) is 2.57. The first-order valence-corrected chi connectivity index (χ1v) is 7.82. The SMILES string of the molecule is COc1cc([N+](=O)[O-])ccc1NC(=O)CNc1ccc(Br)cc1C. The molecule has 0 aliphatic rings. The zero-order chi connectivity index (χ0) is 17.7. The van der Waals surface area contributed by atoms with Gasteiger partial charge in [0.15, 0.2) is 0 Å². The molecule has 0 aromatic heterocycles. The number of nitro groups is 1. The lowest BCUT2D eigenvalue weighted by Crippen LogP contribution is -2.22. The third-order valence-electron chi connectivity index (χ3n) is 3.30. The number of aryl methyl sites for hydroxylation is 1. The molecule has 0 fully saturated rings. The second-order valence-corrected chi connectivity index (χ2v) is 5.92. The van der Waals surface area contributed by atoms with Crippen LogP contribution in [-0.2, 0) is 4.79 Å². The van der Waals surface area contributed by atoms with E-state index in [-0.39, 0.29) is 23.9 Å². The minimum atomic E-state index is -0.522. The van der Waals surface area contributed by atoms with Gasteiger partial charge >= 0.3 is 0 Å². The Hall–Kier alpha value is -2.61. The third-order valence-corrected chi connectivity index (χ3v) is 3.79. The van der Waals surface area contributed by atoms with E-state index in [1.165, 1.54) is 25.3 Å². The molecule has 0 unspecified atom stereocenters. The van der Waals surface area contributed by atoms with E-state index in [0.29, 0.717) is 5.69 Å². The molecular formula is C16H16BrN3O4. The standard InChI is InChI=1S/C16H16BrN3O4/c1-10-7-11(17)3-5-13(10)18-9-16(21)19-14-6-4-12(20(22)23)8-15(14)24-2/h3-8,18H,9H2,1-2H3,(H,19,21). The molecule has 2 rings (SSSR count). The van der Waals surface area contributed by atoms with Gasteiger partial charge in [-0.15, -0.1) is 0 Å². The number of carbonyl (C=O) groups excluding carboxylic acids is 1. The molecule has 7 nitrogen and oxygen atoms in total. The van der Waals surface area contributed by atoms with Gasteiger partial charge in [0.2, 0.25) is 5.91 Å². The Bertz CT molecular complexity index is 780. The number of methoxy groups -OCH3 is 1. The van der Waals surface area contributed by atoms with E-state index >= 15 is 0 Å². The van der Waals surface area contributed by atoms with Crippen LogP contribution in [0.25, 0.3) is 0 Å². The first kappa shape index (κ1) is 17.7. The van der Waals surface area contributed by atoms with E-state index in [1.54, 1.807) is 0 Å². The van der Waals surface area contributed by atoms with Gasteiger partial charge in [0.1, 0.15) is 5.75 Å². The number of benzene rings is 2. The van der Waals surface area contributed by atoms with Crippen molar-refractivity contribution in [3.63, 3.8) is 0 Å². The summed E-state index contributed by atoms with van der Waals surface area (Å²) in [6.07, 6.45) is 0. The van der Waals surface area contributed by atoms with E-state index in [9.17, 15) is 14.9 Å². The monoisotopic (exact) mass is 393 g/mol. The molecule has 2 N–H and O–H groups in total. The van der Waals surface area contributed by atoms with Crippen LogP contribution in [0.1, 0.15) is 5.56 Å². The molecule has 126 valence electrons. The Morgan fingerprint density at radius 2 is 1.96 bits per heavy atom. The van der Waals surface area contributed by atoms with Crippen molar-refractivity contribution < 1.29 is 14.5 Å². The number of hydrogen-bond acceptors (Lipinski definition) is 5. The summed E-state index contributed by atoms with van der Waals surface area (Å²) in [5, 5.41) is 16.5. The number of amides is 1. The van der Waals surface area contributed by atoms with Gasteiger partial charge < -0.3 is 15.4 Å². The third kappa shape index (κ3) is 4.45. The summed E-state index contributed by atoms with van der Waals surface area (Å²) in [4.78, 5) is 22.3. The molecule has 0 spiro atoms. The molecule has 8 heteroatoms. The molecule has 0 radical (unpaired) electrons. The maximum Gasteiger partial charge on any atom is 0.273 e. The molecule has 2 aromatic carbocycles. The summed E-state index contributed by atoms with van der Waals surface area (Å²) < 4.78 is 6.05. The first-order valence-electron chi connectivity index (χ1n) is 7.03. The van der Waals surface area contributed by atoms with Crippen molar-refractivity contribution >= 4 is 38.9 Å². The van der Waals surface area contributed by atoms with Gasteiger partial charge in [-0.2, -0.15) is 0 Å². The van der Waals surface area contributed by atoms with E-state index in [2.05, 4.69) is 26.6 Å². The zero-order valence-electron chi connectivity index (χ0n) is 13.1. The summed E-state index contributed by atoms with van der Waals surface area (Å²) in [6, 6.07) is 9.72. The van der Waals surface area contributed by atoms with Gasteiger partial charge in [-0.1, -0.05) is 15.9 Å². The summed E-state index contributed by atoms with van der Waals surface area (Å²) >= 11 is 3.38. The maximum atomic E-state index is 12.1. The lowest BCUT2D eigenvalue weighted by molar-refractivity contribution is -0.384. The molecule has 0 atom stereocenters. The molecule has 1 amide bonds. The largest absolute Gasteiger partial charge is 0.494 e. The number of halogens is 1. The molecular weight excluding hydrogens is 378 g/mol.